The molecule has 0 aromatic rings. The Morgan fingerprint density at radius 2 is 0.778 bits per heavy atom. The van der Waals surface area contributed by atoms with E-state index < -0.39 is 149 Å². The molecular weight excluding hydrogens is 624 g/mol. The van der Waals surface area contributed by atoms with Gasteiger partial charge < -0.3 is 105 Å². The maximum absolute atomic E-state index is 10.7. The summed E-state index contributed by atoms with van der Waals surface area (Å²) >= 11 is 0. The van der Waals surface area contributed by atoms with Crippen molar-refractivity contribution in [2.45, 2.75) is 123 Å². The standard InChI is InChI=1S/C24H42O21/c25-1-5-9(27)12(30)17(35)22(42-5)39-3-7-11(29)14(32)19(37)24(44-7)45-20-8(41-21(38)16(34)15(20)33)4-40-23-18(36)13(31)10(28)6(2-26)43-23/h5-38H,1-4H2/t5-,6-,7-,8-,9-,10-,11-,12+,13+,14+,15-,16-,17-,18-,19-,20-,21?,22-,23-,24-/m1/s1. The molecule has 264 valence electrons. The fourth-order valence-electron chi connectivity index (χ4n) is 5.33. The van der Waals surface area contributed by atoms with Gasteiger partial charge in [0.2, 0.25) is 0 Å². The van der Waals surface area contributed by atoms with Crippen molar-refractivity contribution in [3.8, 4) is 0 Å². The molecule has 4 saturated heterocycles. The molecule has 4 aliphatic rings. The Bertz CT molecular complexity index is 914. The van der Waals surface area contributed by atoms with Gasteiger partial charge >= 0.3 is 0 Å². The van der Waals surface area contributed by atoms with Gasteiger partial charge in [0.1, 0.15) is 97.7 Å². The van der Waals surface area contributed by atoms with Crippen molar-refractivity contribution in [1.82, 2.24) is 0 Å². The Kier molecular flexibility index (Phi) is 12.8. The number of rotatable bonds is 10. The van der Waals surface area contributed by atoms with Crippen LogP contribution in [0.1, 0.15) is 0 Å². The van der Waals surface area contributed by atoms with Crippen molar-refractivity contribution in [1.29, 1.82) is 0 Å². The lowest BCUT2D eigenvalue weighted by Crippen LogP contribution is -2.65. The SMILES string of the molecule is OC[C@H]1O[C@@H](OC[C@H]2O[C@H](O[C@H]3[C@H](O)[C@@H](O)C(O)O[C@@H]3CO[C@@H]3O[C@H](CO)[C@@H](O)[C@H](O)[C@H]3O)[C@H](O)[C@@H](O)[C@@H]2O)[C@H](O)[C@@H](O)[C@@H]1O. The van der Waals surface area contributed by atoms with Gasteiger partial charge in [-0.05, 0) is 0 Å². The smallest absolute Gasteiger partial charge is 0.187 e. The van der Waals surface area contributed by atoms with E-state index in [-0.39, 0.29) is 0 Å². The zero-order valence-electron chi connectivity index (χ0n) is 23.5. The molecule has 0 saturated carbocycles. The van der Waals surface area contributed by atoms with Gasteiger partial charge in [0.25, 0.3) is 0 Å². The average molecular weight is 667 g/mol. The van der Waals surface area contributed by atoms with Crippen molar-refractivity contribution in [2.24, 2.45) is 0 Å². The monoisotopic (exact) mass is 666 g/mol. The van der Waals surface area contributed by atoms with Crippen LogP contribution in [0.25, 0.3) is 0 Å². The molecule has 0 bridgehead atoms. The van der Waals surface area contributed by atoms with Crippen molar-refractivity contribution < 1.29 is 105 Å². The van der Waals surface area contributed by atoms with Gasteiger partial charge in [-0.15, -0.1) is 0 Å². The van der Waals surface area contributed by atoms with E-state index in [1.54, 1.807) is 0 Å². The summed E-state index contributed by atoms with van der Waals surface area (Å²) in [4.78, 5) is 0. The lowest BCUT2D eigenvalue weighted by atomic mass is 9.96. The molecule has 0 aromatic carbocycles. The van der Waals surface area contributed by atoms with E-state index in [2.05, 4.69) is 0 Å². The highest BCUT2D eigenvalue weighted by molar-refractivity contribution is 4.95. The Morgan fingerprint density at radius 1 is 0.378 bits per heavy atom. The predicted molar refractivity (Wildman–Crippen MR) is 134 cm³/mol. The lowest BCUT2D eigenvalue weighted by Gasteiger charge is -2.46. The zero-order chi connectivity index (χ0) is 33.3. The quantitative estimate of drug-likeness (QED) is 0.103. The largest absolute Gasteiger partial charge is 0.394 e. The predicted octanol–water partition coefficient (Wildman–Crippen LogP) is -9.75. The third-order valence-corrected chi connectivity index (χ3v) is 8.17. The first-order valence-corrected chi connectivity index (χ1v) is 14.1. The summed E-state index contributed by atoms with van der Waals surface area (Å²) in [6, 6.07) is 0. The van der Waals surface area contributed by atoms with Crippen molar-refractivity contribution in [3.63, 3.8) is 0 Å². The van der Waals surface area contributed by atoms with Crippen LogP contribution in [-0.2, 0) is 33.2 Å². The van der Waals surface area contributed by atoms with Gasteiger partial charge in [-0.25, -0.2) is 0 Å². The first-order chi connectivity index (χ1) is 21.2. The van der Waals surface area contributed by atoms with E-state index in [1.807, 2.05) is 0 Å². The second-order valence-corrected chi connectivity index (χ2v) is 11.2. The maximum Gasteiger partial charge on any atom is 0.187 e. The van der Waals surface area contributed by atoms with Gasteiger partial charge in [0.05, 0.1) is 26.4 Å². The van der Waals surface area contributed by atoms with Crippen molar-refractivity contribution in [2.75, 3.05) is 26.4 Å². The normalized spacial score (nSPS) is 52.9. The van der Waals surface area contributed by atoms with E-state index in [4.69, 9.17) is 33.2 Å². The van der Waals surface area contributed by atoms with E-state index >= 15 is 0 Å². The summed E-state index contributed by atoms with van der Waals surface area (Å²) in [6.07, 6.45) is -34.9. The average Bonchev–Trinajstić information content (AvgIpc) is 3.02. The van der Waals surface area contributed by atoms with Crippen LogP contribution in [0.2, 0.25) is 0 Å². The van der Waals surface area contributed by atoms with E-state index in [0.717, 1.165) is 0 Å². The Balaban J connectivity index is 1.43. The summed E-state index contributed by atoms with van der Waals surface area (Å²) in [5.74, 6) is 0. The molecule has 0 aliphatic carbocycles. The van der Waals surface area contributed by atoms with Gasteiger partial charge in [-0.3, -0.25) is 0 Å². The van der Waals surface area contributed by atoms with E-state index in [9.17, 15) is 71.5 Å². The Hall–Kier alpha value is -0.840. The highest BCUT2D eigenvalue weighted by Crippen LogP contribution is 2.31. The number of hydrogen-bond acceptors (Lipinski definition) is 21. The highest BCUT2D eigenvalue weighted by atomic mass is 16.8. The minimum atomic E-state index is -1.99. The molecule has 1 unspecified atom stereocenters. The molecule has 0 radical (unpaired) electrons. The molecule has 4 aliphatic heterocycles. The van der Waals surface area contributed by atoms with Crippen LogP contribution in [0.5, 0.6) is 0 Å². The number of ether oxygens (including phenoxy) is 7. The molecule has 4 rings (SSSR count). The molecule has 0 spiro atoms. The summed E-state index contributed by atoms with van der Waals surface area (Å²) < 4.78 is 37.6. The molecule has 21 nitrogen and oxygen atoms in total. The molecule has 45 heavy (non-hydrogen) atoms. The van der Waals surface area contributed by atoms with Crippen LogP contribution in [0.4, 0.5) is 0 Å². The summed E-state index contributed by atoms with van der Waals surface area (Å²) in [6.45, 7) is -2.90. The lowest BCUT2D eigenvalue weighted by molar-refractivity contribution is -0.368. The van der Waals surface area contributed by atoms with Crippen molar-refractivity contribution >= 4 is 0 Å². The molecular formula is C24H42O21. The first-order valence-electron chi connectivity index (χ1n) is 14.1. The fourth-order valence-corrected chi connectivity index (χ4v) is 5.33. The van der Waals surface area contributed by atoms with Gasteiger partial charge in [-0.2, -0.15) is 0 Å². The fraction of sp³-hybridized carbons (Fsp3) is 1.00. The van der Waals surface area contributed by atoms with E-state index in [1.165, 1.54) is 0 Å². The van der Waals surface area contributed by atoms with E-state index in [0.29, 0.717) is 0 Å². The highest BCUT2D eigenvalue weighted by Gasteiger charge is 2.52. The Labute approximate surface area is 254 Å². The third-order valence-electron chi connectivity index (χ3n) is 8.17. The first kappa shape index (κ1) is 37.0. The number of aliphatic hydroxyl groups is 14. The maximum atomic E-state index is 10.7. The second kappa shape index (κ2) is 15.6. The molecule has 4 heterocycles. The van der Waals surface area contributed by atoms with Crippen LogP contribution in [0, 0.1) is 0 Å². The second-order valence-electron chi connectivity index (χ2n) is 11.2. The molecule has 21 heteroatoms. The molecule has 4 fully saturated rings. The van der Waals surface area contributed by atoms with Crippen LogP contribution < -0.4 is 0 Å². The molecule has 20 atom stereocenters. The summed E-state index contributed by atoms with van der Waals surface area (Å²) in [7, 11) is 0. The summed E-state index contributed by atoms with van der Waals surface area (Å²) in [5.41, 5.74) is 0. The number of hydrogen-bond donors (Lipinski definition) is 14. The van der Waals surface area contributed by atoms with Crippen LogP contribution in [0.3, 0.4) is 0 Å². The summed E-state index contributed by atoms with van der Waals surface area (Å²) in [5, 5.41) is 141. The minimum Gasteiger partial charge on any atom is -0.394 e. The van der Waals surface area contributed by atoms with Gasteiger partial charge in [0, 0.05) is 0 Å². The third kappa shape index (κ3) is 7.75. The van der Waals surface area contributed by atoms with Crippen LogP contribution in [-0.4, -0.2) is 221 Å². The Morgan fingerprint density at radius 3 is 1.24 bits per heavy atom. The van der Waals surface area contributed by atoms with Crippen LogP contribution >= 0.6 is 0 Å². The topological polar surface area (TPSA) is 348 Å². The number of aliphatic hydroxyl groups excluding tert-OH is 14. The van der Waals surface area contributed by atoms with Crippen molar-refractivity contribution in [3.05, 3.63) is 0 Å². The van der Waals surface area contributed by atoms with Gasteiger partial charge in [-0.1, -0.05) is 0 Å². The van der Waals surface area contributed by atoms with Crippen LogP contribution in [0.15, 0.2) is 0 Å². The zero-order valence-corrected chi connectivity index (χ0v) is 23.5. The molecule has 0 amide bonds. The molecule has 14 N–H and O–H groups in total. The minimum absolute atomic E-state index is 0.692. The molecule has 0 aromatic heterocycles. The van der Waals surface area contributed by atoms with Gasteiger partial charge in [0.15, 0.2) is 25.2 Å².